The number of ether oxygens (including phenoxy) is 1. The van der Waals surface area contributed by atoms with Crippen LogP contribution >= 0.6 is 0 Å². The molecule has 1 unspecified atom stereocenters. The number of para-hydroxylation sites is 2. The Morgan fingerprint density at radius 2 is 1.25 bits per heavy atom. The number of halogens is 9. The van der Waals surface area contributed by atoms with Crippen molar-refractivity contribution >= 4 is 26.9 Å². The Balaban J connectivity index is 1.82. The van der Waals surface area contributed by atoms with Crippen LogP contribution in [0, 0.1) is 0 Å². The highest BCUT2D eigenvalue weighted by atomic mass is 32.2. The van der Waals surface area contributed by atoms with Crippen molar-refractivity contribution in [3.8, 4) is 5.88 Å². The average Bonchev–Trinajstić information content (AvgIpc) is 2.85. The highest BCUT2D eigenvalue weighted by Gasteiger charge is 2.45. The van der Waals surface area contributed by atoms with E-state index in [1.54, 1.807) is 4.72 Å². The summed E-state index contributed by atoms with van der Waals surface area (Å²) in [4.78, 5) is 6.47. The fourth-order valence-electron chi connectivity index (χ4n) is 3.53. The topological polar surface area (TPSA) is 81.2 Å². The molecule has 6 nitrogen and oxygen atoms in total. The molecule has 0 saturated carbocycles. The highest BCUT2D eigenvalue weighted by Crippen LogP contribution is 2.41. The van der Waals surface area contributed by atoms with Gasteiger partial charge in [0.05, 0.1) is 27.1 Å². The Morgan fingerprint density at radius 3 is 1.80 bits per heavy atom. The summed E-state index contributed by atoms with van der Waals surface area (Å²) in [5.74, 6) is -2.08. The Bertz CT molecular complexity index is 1640. The van der Waals surface area contributed by atoms with Crippen molar-refractivity contribution in [2.24, 2.45) is 0 Å². The summed E-state index contributed by atoms with van der Waals surface area (Å²) in [6.45, 7) is 0. The Kier molecular flexibility index (Phi) is 7.34. The summed E-state index contributed by atoms with van der Waals surface area (Å²) in [6, 6.07) is 10.3. The van der Waals surface area contributed by atoms with Gasteiger partial charge in [-0.2, -0.15) is 39.5 Å². The molecule has 0 saturated heterocycles. The normalized spacial score (nSPS) is 13.7. The molecule has 4 rings (SSSR count). The molecule has 0 amide bonds. The van der Waals surface area contributed by atoms with Crippen LogP contribution in [-0.4, -0.2) is 24.6 Å². The molecule has 3 aromatic carbocycles. The first-order valence-corrected chi connectivity index (χ1v) is 12.3. The molecule has 0 radical (unpaired) electrons. The fraction of sp³-hybridized carbons (Fsp3) is 0.167. The van der Waals surface area contributed by atoms with Crippen molar-refractivity contribution in [1.29, 1.82) is 0 Å². The van der Waals surface area contributed by atoms with E-state index < -0.39 is 67.9 Å². The lowest BCUT2D eigenvalue weighted by atomic mass is 10.1. The third kappa shape index (κ3) is 6.21. The van der Waals surface area contributed by atoms with E-state index in [2.05, 4.69) is 9.97 Å². The number of rotatable bonds is 6. The zero-order chi connectivity index (χ0) is 29.5. The Hall–Kier alpha value is -4.08. The minimum Gasteiger partial charge on any atom is -0.457 e. The summed E-state index contributed by atoms with van der Waals surface area (Å²) in [5.41, 5.74) is -3.73. The SMILES string of the molecule is O=S(=O)(Nc1nc2ccccc2nc1OC(c1ccc(C(F)(F)F)cc1)C(F)(F)F)c1ccccc1C(F)(F)F. The first-order chi connectivity index (χ1) is 18.5. The fourth-order valence-corrected chi connectivity index (χ4v) is 4.76. The molecule has 0 fully saturated rings. The standard InChI is InChI=1S/C24H14F9N3O3S/c25-22(26,27)14-11-9-13(10-12-14)19(24(31,32)33)39-21-20(34-16-6-2-3-7-17(16)35-21)36-40(37,38)18-8-4-1-5-15(18)23(28,29)30/h1-12,19H,(H,34,36). The number of aromatic nitrogens is 2. The van der Waals surface area contributed by atoms with Crippen LogP contribution in [0.2, 0.25) is 0 Å². The molecule has 0 aliphatic carbocycles. The van der Waals surface area contributed by atoms with Gasteiger partial charge in [0.15, 0.2) is 0 Å². The number of nitrogens with one attached hydrogen (secondary N) is 1. The maximum atomic E-state index is 14.0. The zero-order valence-electron chi connectivity index (χ0n) is 19.4. The van der Waals surface area contributed by atoms with Gasteiger partial charge in [-0.1, -0.05) is 36.4 Å². The van der Waals surface area contributed by atoms with Crippen molar-refractivity contribution in [2.45, 2.75) is 29.5 Å². The molecule has 1 aromatic heterocycles. The van der Waals surface area contributed by atoms with E-state index in [4.69, 9.17) is 4.74 Å². The molecule has 0 bridgehead atoms. The van der Waals surface area contributed by atoms with Crippen LogP contribution < -0.4 is 9.46 Å². The smallest absolute Gasteiger partial charge is 0.429 e. The third-order valence-corrected chi connectivity index (χ3v) is 6.72. The van der Waals surface area contributed by atoms with Crippen LogP contribution in [0.15, 0.2) is 77.7 Å². The molecule has 4 aromatic rings. The summed E-state index contributed by atoms with van der Waals surface area (Å²) >= 11 is 0. The molecular formula is C24H14F9N3O3S. The van der Waals surface area contributed by atoms with Gasteiger partial charge >= 0.3 is 18.5 Å². The second-order valence-corrected chi connectivity index (χ2v) is 9.78. The lowest BCUT2D eigenvalue weighted by Gasteiger charge is -2.23. The van der Waals surface area contributed by atoms with Gasteiger partial charge in [-0.15, -0.1) is 0 Å². The third-order valence-electron chi connectivity index (χ3n) is 5.32. The van der Waals surface area contributed by atoms with Gasteiger partial charge in [0, 0.05) is 5.56 Å². The minimum absolute atomic E-state index is 0.0604. The van der Waals surface area contributed by atoms with Gasteiger partial charge in [0.2, 0.25) is 11.9 Å². The van der Waals surface area contributed by atoms with Crippen LogP contribution in [-0.2, 0) is 22.4 Å². The summed E-state index contributed by atoms with van der Waals surface area (Å²) < 4.78 is 154. The number of anilines is 1. The molecule has 0 spiro atoms. The number of hydrogen-bond acceptors (Lipinski definition) is 5. The first kappa shape index (κ1) is 28.9. The predicted octanol–water partition coefficient (Wildman–Crippen LogP) is 7.15. The number of nitrogens with zero attached hydrogens (tertiary/aromatic N) is 2. The van der Waals surface area contributed by atoms with E-state index in [-0.39, 0.29) is 11.0 Å². The highest BCUT2D eigenvalue weighted by molar-refractivity contribution is 7.92. The second kappa shape index (κ2) is 10.1. The largest absolute Gasteiger partial charge is 0.457 e. The van der Waals surface area contributed by atoms with Gasteiger partial charge in [-0.05, 0) is 36.4 Å². The van der Waals surface area contributed by atoms with E-state index >= 15 is 0 Å². The van der Waals surface area contributed by atoms with Gasteiger partial charge in [0.25, 0.3) is 15.9 Å². The quantitative estimate of drug-likeness (QED) is 0.240. The predicted molar refractivity (Wildman–Crippen MR) is 123 cm³/mol. The number of alkyl halides is 9. The van der Waals surface area contributed by atoms with Crippen LogP contribution in [0.4, 0.5) is 45.3 Å². The monoisotopic (exact) mass is 595 g/mol. The lowest BCUT2D eigenvalue weighted by molar-refractivity contribution is -0.198. The van der Waals surface area contributed by atoms with E-state index in [9.17, 15) is 47.9 Å². The second-order valence-electron chi connectivity index (χ2n) is 8.12. The minimum atomic E-state index is -5.26. The van der Waals surface area contributed by atoms with E-state index in [1.165, 1.54) is 24.3 Å². The number of benzene rings is 3. The maximum Gasteiger partial charge on any atom is 0.429 e. The molecule has 1 N–H and O–H groups in total. The first-order valence-electron chi connectivity index (χ1n) is 10.8. The number of sulfonamides is 1. The van der Waals surface area contributed by atoms with Crippen molar-refractivity contribution < 1.29 is 52.7 Å². The van der Waals surface area contributed by atoms with Gasteiger partial charge in [-0.3, -0.25) is 4.72 Å². The van der Waals surface area contributed by atoms with Crippen LogP contribution in [0.3, 0.4) is 0 Å². The molecule has 0 aliphatic rings. The zero-order valence-corrected chi connectivity index (χ0v) is 20.3. The summed E-state index contributed by atoms with van der Waals surface area (Å²) in [5, 5.41) is 0. The van der Waals surface area contributed by atoms with E-state index in [0.29, 0.717) is 36.4 Å². The molecule has 16 heteroatoms. The number of hydrogen-bond donors (Lipinski definition) is 1. The van der Waals surface area contributed by atoms with Crippen molar-refractivity contribution in [3.63, 3.8) is 0 Å². The van der Waals surface area contributed by atoms with Crippen LogP contribution in [0.25, 0.3) is 11.0 Å². The molecule has 1 heterocycles. The van der Waals surface area contributed by atoms with Crippen LogP contribution in [0.1, 0.15) is 22.8 Å². The van der Waals surface area contributed by atoms with Gasteiger partial charge < -0.3 is 4.74 Å². The molecule has 40 heavy (non-hydrogen) atoms. The van der Waals surface area contributed by atoms with Gasteiger partial charge in [0.1, 0.15) is 0 Å². The average molecular weight is 595 g/mol. The molecule has 212 valence electrons. The number of fused-ring (bicyclic) bond motifs is 1. The van der Waals surface area contributed by atoms with E-state index in [0.717, 1.165) is 12.1 Å². The Labute approximate surface area is 219 Å². The van der Waals surface area contributed by atoms with Gasteiger partial charge in [-0.25, -0.2) is 18.4 Å². The van der Waals surface area contributed by atoms with Crippen molar-refractivity contribution in [3.05, 3.63) is 89.5 Å². The maximum absolute atomic E-state index is 14.0. The van der Waals surface area contributed by atoms with E-state index in [1.807, 2.05) is 0 Å². The summed E-state index contributed by atoms with van der Waals surface area (Å²) in [7, 11) is -5.13. The lowest BCUT2D eigenvalue weighted by Crippen LogP contribution is -2.27. The molecule has 0 aliphatic heterocycles. The molecular weight excluding hydrogens is 581 g/mol. The summed E-state index contributed by atoms with van der Waals surface area (Å²) in [6.07, 6.45) is -18.2. The van der Waals surface area contributed by atoms with Crippen molar-refractivity contribution in [2.75, 3.05) is 4.72 Å². The van der Waals surface area contributed by atoms with Crippen molar-refractivity contribution in [1.82, 2.24) is 9.97 Å². The molecule has 1 atom stereocenters. The Morgan fingerprint density at radius 1 is 0.700 bits per heavy atom. The van der Waals surface area contributed by atoms with Crippen LogP contribution in [0.5, 0.6) is 5.88 Å².